The second-order valence-electron chi connectivity index (χ2n) is 6.50. The Morgan fingerprint density at radius 3 is 2.67 bits per heavy atom. The van der Waals surface area contributed by atoms with E-state index < -0.39 is 0 Å². The Morgan fingerprint density at radius 1 is 1.04 bits per heavy atom. The van der Waals surface area contributed by atoms with Crippen molar-refractivity contribution in [2.24, 2.45) is 0 Å². The molecule has 0 amide bonds. The Labute approximate surface area is 151 Å². The molecule has 0 aliphatic carbocycles. The summed E-state index contributed by atoms with van der Waals surface area (Å²) in [6.45, 7) is 1.99. The summed E-state index contributed by atoms with van der Waals surface area (Å²) in [7, 11) is 3.96. The zero-order chi connectivity index (χ0) is 16.7. The van der Waals surface area contributed by atoms with Gasteiger partial charge in [-0.15, -0.1) is 0 Å². The summed E-state index contributed by atoms with van der Waals surface area (Å²) in [5, 5.41) is 2.41. The molecular weight excluding hydrogens is 362 g/mol. The minimum absolute atomic E-state index is 0.325. The van der Waals surface area contributed by atoms with Gasteiger partial charge in [-0.1, -0.05) is 58.4 Å². The lowest BCUT2D eigenvalue weighted by atomic mass is 9.83. The minimum atomic E-state index is 0.325. The molecule has 3 aromatic carbocycles. The van der Waals surface area contributed by atoms with Crippen LogP contribution in [0.25, 0.3) is 10.8 Å². The average molecular weight is 382 g/mol. The first-order valence-electron chi connectivity index (χ1n) is 8.20. The molecule has 24 heavy (non-hydrogen) atoms. The van der Waals surface area contributed by atoms with E-state index in [2.05, 4.69) is 82.5 Å². The standard InChI is InChI=1S/C21H20BrNO/c1-23-12-15-11-16(22)8-10-17(15)20(13-23)19-9-7-14-5-3-4-6-18(14)21(19)24-2/h3-11,20H,12-13H2,1-2H3. The predicted octanol–water partition coefficient (Wildman–Crippen LogP) is 5.19. The van der Waals surface area contributed by atoms with Crippen molar-refractivity contribution in [3.05, 3.63) is 75.8 Å². The van der Waals surface area contributed by atoms with Crippen LogP contribution in [0.1, 0.15) is 22.6 Å². The SMILES string of the molecule is COc1c(C2CN(C)Cc3cc(Br)ccc32)ccc2ccccc12. The highest BCUT2D eigenvalue weighted by molar-refractivity contribution is 9.10. The quantitative estimate of drug-likeness (QED) is 0.605. The largest absolute Gasteiger partial charge is 0.496 e. The van der Waals surface area contributed by atoms with Gasteiger partial charge in [0.2, 0.25) is 0 Å². The predicted molar refractivity (Wildman–Crippen MR) is 103 cm³/mol. The molecule has 1 aliphatic heterocycles. The lowest BCUT2D eigenvalue weighted by Crippen LogP contribution is -2.31. The molecule has 0 saturated carbocycles. The summed E-state index contributed by atoms with van der Waals surface area (Å²) >= 11 is 3.60. The normalized spacial score (nSPS) is 17.7. The fourth-order valence-corrected chi connectivity index (χ4v) is 4.25. The van der Waals surface area contributed by atoms with Gasteiger partial charge < -0.3 is 9.64 Å². The Kier molecular flexibility index (Phi) is 4.07. The molecule has 1 heterocycles. The summed E-state index contributed by atoms with van der Waals surface area (Å²) < 4.78 is 7.00. The Balaban J connectivity index is 1.92. The number of hydrogen-bond donors (Lipinski definition) is 0. The van der Waals surface area contributed by atoms with E-state index in [0.29, 0.717) is 5.92 Å². The van der Waals surface area contributed by atoms with E-state index in [0.717, 1.165) is 23.3 Å². The fraction of sp³-hybridized carbons (Fsp3) is 0.238. The van der Waals surface area contributed by atoms with Crippen LogP contribution < -0.4 is 4.74 Å². The number of hydrogen-bond acceptors (Lipinski definition) is 2. The highest BCUT2D eigenvalue weighted by Gasteiger charge is 2.27. The molecule has 0 spiro atoms. The molecule has 1 atom stereocenters. The molecule has 0 N–H and O–H groups in total. The van der Waals surface area contributed by atoms with Crippen LogP contribution in [0, 0.1) is 0 Å². The van der Waals surface area contributed by atoms with Crippen LogP contribution in [-0.2, 0) is 6.54 Å². The van der Waals surface area contributed by atoms with Crippen LogP contribution in [-0.4, -0.2) is 25.6 Å². The van der Waals surface area contributed by atoms with E-state index in [-0.39, 0.29) is 0 Å². The first-order chi connectivity index (χ1) is 11.7. The molecule has 4 rings (SSSR count). The first-order valence-corrected chi connectivity index (χ1v) is 8.99. The number of benzene rings is 3. The summed E-state index contributed by atoms with van der Waals surface area (Å²) in [5.41, 5.74) is 4.06. The van der Waals surface area contributed by atoms with Gasteiger partial charge in [0.25, 0.3) is 0 Å². The topological polar surface area (TPSA) is 12.5 Å². The van der Waals surface area contributed by atoms with Crippen LogP contribution in [0.3, 0.4) is 0 Å². The van der Waals surface area contributed by atoms with Gasteiger partial charge in [0, 0.05) is 34.4 Å². The number of ether oxygens (including phenoxy) is 1. The van der Waals surface area contributed by atoms with Crippen molar-refractivity contribution in [2.45, 2.75) is 12.5 Å². The maximum Gasteiger partial charge on any atom is 0.130 e. The third-order valence-corrected chi connectivity index (χ3v) is 5.40. The summed E-state index contributed by atoms with van der Waals surface area (Å²) in [4.78, 5) is 2.38. The smallest absolute Gasteiger partial charge is 0.130 e. The Hall–Kier alpha value is -1.84. The van der Waals surface area contributed by atoms with Gasteiger partial charge >= 0.3 is 0 Å². The number of halogens is 1. The van der Waals surface area contributed by atoms with Gasteiger partial charge in [0.1, 0.15) is 5.75 Å². The number of fused-ring (bicyclic) bond motifs is 2. The van der Waals surface area contributed by atoms with Crippen molar-refractivity contribution in [1.82, 2.24) is 4.90 Å². The monoisotopic (exact) mass is 381 g/mol. The molecule has 0 radical (unpaired) electrons. The van der Waals surface area contributed by atoms with Gasteiger partial charge in [-0.25, -0.2) is 0 Å². The van der Waals surface area contributed by atoms with Crippen LogP contribution in [0.5, 0.6) is 5.75 Å². The van der Waals surface area contributed by atoms with E-state index >= 15 is 0 Å². The van der Waals surface area contributed by atoms with E-state index in [1.54, 1.807) is 7.11 Å². The Bertz CT molecular complexity index is 905. The van der Waals surface area contributed by atoms with Crippen molar-refractivity contribution in [3.63, 3.8) is 0 Å². The van der Waals surface area contributed by atoms with Crippen LogP contribution >= 0.6 is 15.9 Å². The second-order valence-corrected chi connectivity index (χ2v) is 7.42. The molecule has 3 heteroatoms. The highest BCUT2D eigenvalue weighted by atomic mass is 79.9. The van der Waals surface area contributed by atoms with Gasteiger partial charge in [-0.2, -0.15) is 0 Å². The Morgan fingerprint density at radius 2 is 1.83 bits per heavy atom. The number of likely N-dealkylation sites (N-methyl/N-ethyl adjacent to an activating group) is 1. The van der Waals surface area contributed by atoms with Crippen LogP contribution in [0.4, 0.5) is 0 Å². The minimum Gasteiger partial charge on any atom is -0.496 e. The zero-order valence-electron chi connectivity index (χ0n) is 13.9. The van der Waals surface area contributed by atoms with Crippen molar-refractivity contribution in [3.8, 4) is 5.75 Å². The number of methoxy groups -OCH3 is 1. The third-order valence-electron chi connectivity index (χ3n) is 4.90. The van der Waals surface area contributed by atoms with Gasteiger partial charge in [0.05, 0.1) is 7.11 Å². The maximum atomic E-state index is 5.86. The average Bonchev–Trinajstić information content (AvgIpc) is 2.59. The lowest BCUT2D eigenvalue weighted by molar-refractivity contribution is 0.292. The third kappa shape index (κ3) is 2.62. The number of nitrogens with zero attached hydrogens (tertiary/aromatic N) is 1. The van der Waals surface area contributed by atoms with Gasteiger partial charge in [-0.3, -0.25) is 0 Å². The number of rotatable bonds is 2. The molecular formula is C21H20BrNO. The summed E-state index contributed by atoms with van der Waals surface area (Å²) in [6.07, 6.45) is 0. The van der Waals surface area contributed by atoms with Crippen molar-refractivity contribution in [1.29, 1.82) is 0 Å². The van der Waals surface area contributed by atoms with Crippen molar-refractivity contribution in [2.75, 3.05) is 20.7 Å². The van der Waals surface area contributed by atoms with Gasteiger partial charge in [0.15, 0.2) is 0 Å². The molecule has 1 aliphatic rings. The molecule has 3 aromatic rings. The van der Waals surface area contributed by atoms with Gasteiger partial charge in [-0.05, 0) is 35.7 Å². The molecule has 0 aromatic heterocycles. The maximum absolute atomic E-state index is 5.86. The molecule has 0 saturated heterocycles. The molecule has 2 nitrogen and oxygen atoms in total. The van der Waals surface area contributed by atoms with Crippen molar-refractivity contribution < 1.29 is 4.74 Å². The van der Waals surface area contributed by atoms with E-state index in [1.807, 2.05) is 0 Å². The fourth-order valence-electron chi connectivity index (χ4n) is 3.84. The van der Waals surface area contributed by atoms with E-state index in [9.17, 15) is 0 Å². The molecule has 0 bridgehead atoms. The lowest BCUT2D eigenvalue weighted by Gasteiger charge is -2.33. The highest BCUT2D eigenvalue weighted by Crippen LogP contribution is 2.41. The van der Waals surface area contributed by atoms with E-state index in [4.69, 9.17) is 4.74 Å². The first kappa shape index (κ1) is 15.7. The summed E-state index contributed by atoms with van der Waals surface area (Å²) in [5.74, 6) is 1.33. The van der Waals surface area contributed by atoms with Crippen molar-refractivity contribution >= 4 is 26.7 Å². The molecule has 122 valence electrons. The zero-order valence-corrected chi connectivity index (χ0v) is 15.5. The van der Waals surface area contributed by atoms with E-state index in [1.165, 1.54) is 27.5 Å². The molecule has 0 fully saturated rings. The van der Waals surface area contributed by atoms with Crippen LogP contribution in [0.15, 0.2) is 59.1 Å². The second kappa shape index (κ2) is 6.23. The summed E-state index contributed by atoms with van der Waals surface area (Å²) in [6, 6.07) is 19.5. The van der Waals surface area contributed by atoms with Crippen LogP contribution in [0.2, 0.25) is 0 Å². The molecule has 1 unspecified atom stereocenters.